The van der Waals surface area contributed by atoms with Crippen molar-refractivity contribution in [2.45, 2.75) is 25.3 Å². The number of rotatable bonds is 10. The van der Waals surface area contributed by atoms with Gasteiger partial charge in [0.2, 0.25) is 0 Å². The summed E-state index contributed by atoms with van der Waals surface area (Å²) in [5.74, 6) is 0. The molecule has 0 amide bonds. The molecule has 1 aliphatic rings. The number of nitrogens with one attached hydrogen (secondary N) is 1. The van der Waals surface area contributed by atoms with Crippen molar-refractivity contribution in [1.82, 2.24) is 10.2 Å². The summed E-state index contributed by atoms with van der Waals surface area (Å²) in [5.41, 5.74) is 2.36. The molecule has 0 aliphatic carbocycles. The lowest BCUT2D eigenvalue weighted by atomic mass is 10.1. The van der Waals surface area contributed by atoms with Crippen LogP contribution in [-0.4, -0.2) is 62.6 Å². The van der Waals surface area contributed by atoms with Crippen LogP contribution < -0.4 is 5.32 Å². The van der Waals surface area contributed by atoms with Crippen molar-refractivity contribution >= 4 is 12.4 Å². The average Bonchev–Trinajstić information content (AvgIpc) is 2.76. The topological polar surface area (TPSA) is 40.0 Å². The Balaban J connectivity index is 1.34. The molecule has 1 saturated heterocycles. The maximum atomic E-state index is 4.58. The summed E-state index contributed by atoms with van der Waals surface area (Å²) in [5, 5.41) is 3.54. The number of hydrogen-bond donors (Lipinski definition) is 1. The monoisotopic (exact) mass is 376 g/mol. The zero-order chi connectivity index (χ0) is 19.3. The molecule has 0 saturated carbocycles. The van der Waals surface area contributed by atoms with Crippen LogP contribution in [0.15, 0.2) is 70.6 Å². The first-order valence-electron chi connectivity index (χ1n) is 10.5. The molecule has 1 N–H and O–H groups in total. The number of benzene rings is 2. The molecule has 3 rings (SSSR count). The molecule has 4 heteroatoms. The number of hydrogen-bond acceptors (Lipinski definition) is 4. The highest BCUT2D eigenvalue weighted by Gasteiger charge is 2.20. The van der Waals surface area contributed by atoms with Crippen molar-refractivity contribution in [3.63, 3.8) is 0 Å². The van der Waals surface area contributed by atoms with Crippen LogP contribution in [0.2, 0.25) is 0 Å². The van der Waals surface area contributed by atoms with Gasteiger partial charge in [-0.05, 0) is 30.4 Å². The lowest BCUT2D eigenvalue weighted by molar-refractivity contribution is 0.151. The van der Waals surface area contributed by atoms with Gasteiger partial charge in [-0.15, -0.1) is 0 Å². The summed E-state index contributed by atoms with van der Waals surface area (Å²) in [4.78, 5) is 11.8. The van der Waals surface area contributed by atoms with Gasteiger partial charge < -0.3 is 5.32 Å². The highest BCUT2D eigenvalue weighted by Crippen LogP contribution is 2.11. The first kappa shape index (κ1) is 20.4. The van der Waals surface area contributed by atoms with E-state index in [9.17, 15) is 0 Å². The first-order valence-corrected chi connectivity index (χ1v) is 10.5. The maximum absolute atomic E-state index is 4.58. The van der Waals surface area contributed by atoms with E-state index in [1.807, 2.05) is 24.6 Å². The minimum Gasteiger partial charge on any atom is -0.314 e. The normalized spacial score (nSPS) is 18.2. The molecule has 0 spiro atoms. The van der Waals surface area contributed by atoms with Crippen LogP contribution in [0.5, 0.6) is 0 Å². The smallest absolute Gasteiger partial charge is 0.0401 e. The molecule has 1 atom stereocenters. The molecule has 0 radical (unpaired) electrons. The Morgan fingerprint density at radius 3 is 2.11 bits per heavy atom. The highest BCUT2D eigenvalue weighted by molar-refractivity contribution is 5.79. The van der Waals surface area contributed by atoms with E-state index in [0.717, 1.165) is 52.1 Å². The van der Waals surface area contributed by atoms with E-state index in [1.54, 1.807) is 0 Å². The lowest BCUT2D eigenvalue weighted by Gasteiger charge is -2.36. The SMILES string of the molecule is C(=NCCCC1CNCCN1CCCN=Cc1ccccc1)c1ccccc1. The van der Waals surface area contributed by atoms with Crippen LogP contribution in [0.4, 0.5) is 0 Å². The van der Waals surface area contributed by atoms with Gasteiger partial charge >= 0.3 is 0 Å². The van der Waals surface area contributed by atoms with Gasteiger partial charge in [-0.1, -0.05) is 60.7 Å². The molecule has 1 fully saturated rings. The molecule has 1 unspecified atom stereocenters. The van der Waals surface area contributed by atoms with E-state index < -0.39 is 0 Å². The molecule has 1 heterocycles. The fraction of sp³-hybridized carbons (Fsp3) is 0.417. The van der Waals surface area contributed by atoms with Gasteiger partial charge in [0.1, 0.15) is 0 Å². The number of piperazine rings is 1. The van der Waals surface area contributed by atoms with Crippen LogP contribution in [0, 0.1) is 0 Å². The lowest BCUT2D eigenvalue weighted by Crippen LogP contribution is -2.51. The predicted molar refractivity (Wildman–Crippen MR) is 120 cm³/mol. The van der Waals surface area contributed by atoms with Crippen molar-refractivity contribution in [3.05, 3.63) is 71.8 Å². The summed E-state index contributed by atoms with van der Waals surface area (Å²) in [7, 11) is 0. The average molecular weight is 377 g/mol. The summed E-state index contributed by atoms with van der Waals surface area (Å²) in [6.07, 6.45) is 7.43. The van der Waals surface area contributed by atoms with Crippen molar-refractivity contribution in [2.24, 2.45) is 9.98 Å². The highest BCUT2D eigenvalue weighted by atomic mass is 15.2. The summed E-state index contributed by atoms with van der Waals surface area (Å²) in [6.45, 7) is 6.26. The largest absolute Gasteiger partial charge is 0.314 e. The van der Waals surface area contributed by atoms with E-state index in [2.05, 4.69) is 68.7 Å². The Hall–Kier alpha value is -2.30. The Bertz CT molecular complexity index is 648. The fourth-order valence-corrected chi connectivity index (χ4v) is 3.58. The third-order valence-corrected chi connectivity index (χ3v) is 5.11. The van der Waals surface area contributed by atoms with Gasteiger partial charge in [-0.2, -0.15) is 0 Å². The Kier molecular flexibility index (Phi) is 8.92. The van der Waals surface area contributed by atoms with Crippen molar-refractivity contribution in [2.75, 3.05) is 39.3 Å². The second kappa shape index (κ2) is 12.2. The Labute approximate surface area is 169 Å². The maximum Gasteiger partial charge on any atom is 0.0401 e. The summed E-state index contributed by atoms with van der Waals surface area (Å²) >= 11 is 0. The molecular weight excluding hydrogens is 344 g/mol. The van der Waals surface area contributed by atoms with Crippen molar-refractivity contribution < 1.29 is 0 Å². The van der Waals surface area contributed by atoms with Crippen molar-refractivity contribution in [3.8, 4) is 0 Å². The third kappa shape index (κ3) is 7.37. The fourth-order valence-electron chi connectivity index (χ4n) is 3.58. The zero-order valence-electron chi connectivity index (χ0n) is 16.7. The van der Waals surface area contributed by atoms with E-state index in [0.29, 0.717) is 6.04 Å². The van der Waals surface area contributed by atoms with Crippen LogP contribution in [0.25, 0.3) is 0 Å². The molecule has 0 aromatic heterocycles. The Morgan fingerprint density at radius 2 is 1.46 bits per heavy atom. The van der Waals surface area contributed by atoms with E-state index in [4.69, 9.17) is 0 Å². The second-order valence-electron chi connectivity index (χ2n) is 7.28. The van der Waals surface area contributed by atoms with Gasteiger partial charge in [0, 0.05) is 57.7 Å². The molecule has 148 valence electrons. The van der Waals surface area contributed by atoms with Crippen LogP contribution in [0.3, 0.4) is 0 Å². The first-order chi connectivity index (χ1) is 13.9. The quantitative estimate of drug-likeness (QED) is 0.508. The standard InChI is InChI=1S/C24H32N4/c1-3-9-22(10-4-1)19-25-14-7-13-24-21-27-16-18-28(24)17-8-15-26-20-23-11-5-2-6-12-23/h1-6,9-12,19-20,24,27H,7-8,13-18,21H2. The summed E-state index contributed by atoms with van der Waals surface area (Å²) in [6, 6.07) is 21.3. The van der Waals surface area contributed by atoms with Crippen LogP contribution in [0.1, 0.15) is 30.4 Å². The third-order valence-electron chi connectivity index (χ3n) is 5.11. The number of aliphatic imine (C=N–C) groups is 2. The molecule has 1 aliphatic heterocycles. The van der Waals surface area contributed by atoms with Gasteiger partial charge in [-0.3, -0.25) is 14.9 Å². The second-order valence-corrected chi connectivity index (χ2v) is 7.28. The van der Waals surface area contributed by atoms with Crippen LogP contribution in [-0.2, 0) is 0 Å². The van der Waals surface area contributed by atoms with Gasteiger partial charge in [0.25, 0.3) is 0 Å². The van der Waals surface area contributed by atoms with Crippen molar-refractivity contribution in [1.29, 1.82) is 0 Å². The molecule has 0 bridgehead atoms. The van der Waals surface area contributed by atoms with E-state index in [-0.39, 0.29) is 0 Å². The molecule has 2 aromatic rings. The van der Waals surface area contributed by atoms with Crippen LogP contribution >= 0.6 is 0 Å². The molecule has 28 heavy (non-hydrogen) atoms. The molecular formula is C24H32N4. The number of nitrogens with zero attached hydrogens (tertiary/aromatic N) is 3. The zero-order valence-corrected chi connectivity index (χ0v) is 16.7. The van der Waals surface area contributed by atoms with Gasteiger partial charge in [-0.25, -0.2) is 0 Å². The molecule has 2 aromatic carbocycles. The van der Waals surface area contributed by atoms with E-state index in [1.165, 1.54) is 17.5 Å². The predicted octanol–water partition coefficient (Wildman–Crippen LogP) is 3.67. The minimum atomic E-state index is 0.624. The summed E-state index contributed by atoms with van der Waals surface area (Å²) < 4.78 is 0. The van der Waals surface area contributed by atoms with Gasteiger partial charge in [0.05, 0.1) is 0 Å². The van der Waals surface area contributed by atoms with Gasteiger partial charge in [0.15, 0.2) is 0 Å². The molecule has 4 nitrogen and oxygen atoms in total. The Morgan fingerprint density at radius 1 is 0.857 bits per heavy atom. The van der Waals surface area contributed by atoms with E-state index >= 15 is 0 Å². The minimum absolute atomic E-state index is 0.624.